The predicted molar refractivity (Wildman–Crippen MR) is 143 cm³/mol. The number of anilines is 2. The molecule has 5 aromatic rings. The van der Waals surface area contributed by atoms with Crippen LogP contribution in [0.1, 0.15) is 26.5 Å². The maximum Gasteiger partial charge on any atom is 0.573 e. The average molecular weight is 535 g/mol. The number of halogens is 3. The zero-order chi connectivity index (χ0) is 27.8. The van der Waals surface area contributed by atoms with Crippen LogP contribution in [-0.4, -0.2) is 31.7 Å². The molecule has 2 aromatic heterocycles. The fourth-order valence-corrected chi connectivity index (χ4v) is 3.97. The molecule has 2 heterocycles. The number of amides is 2. The van der Waals surface area contributed by atoms with Crippen LogP contribution in [0, 0.1) is 0 Å². The van der Waals surface area contributed by atoms with Crippen molar-refractivity contribution in [3.63, 3.8) is 0 Å². The lowest BCUT2D eigenvalue weighted by Crippen LogP contribution is -2.21. The monoisotopic (exact) mass is 534 g/mol. The smallest absolute Gasteiger partial charge is 0.406 e. The number of nitrogens with one attached hydrogen (secondary N) is 2. The highest BCUT2D eigenvalue weighted by Gasteiger charge is 2.31. The second kappa shape index (κ2) is 9.82. The summed E-state index contributed by atoms with van der Waals surface area (Å²) in [6, 6.07) is 21.6. The van der Waals surface area contributed by atoms with Crippen LogP contribution in [-0.2, 0) is 5.41 Å². The Kier molecular flexibility index (Phi) is 6.51. The summed E-state index contributed by atoms with van der Waals surface area (Å²) in [7, 11) is 0. The van der Waals surface area contributed by atoms with Crippen LogP contribution in [0.2, 0.25) is 0 Å². The molecule has 0 aliphatic rings. The molecule has 2 N–H and O–H groups in total. The number of urea groups is 1. The van der Waals surface area contributed by atoms with Crippen molar-refractivity contribution in [1.29, 1.82) is 0 Å². The standard InChI is InChI=1S/C28H25F3N6O2/c1-27(2,3)24-16-25(37(35-24)20-12-14-21(15-13-20)39-28(29,30)31)34-26(38)33-18-8-10-19(11-9-18)36-17-32-22-6-4-5-7-23(22)36/h4-17H,1-3H3,(H2,33,34,38). The first kappa shape index (κ1) is 25.8. The SMILES string of the molecule is CC(C)(C)c1cc(NC(=O)Nc2ccc(-n3cnc4ccccc43)cc2)n(-c2ccc(OC(F)(F)F)cc2)n1. The van der Waals surface area contributed by atoms with E-state index in [2.05, 4.69) is 25.5 Å². The van der Waals surface area contributed by atoms with Crippen LogP contribution in [0.15, 0.2) is 85.2 Å². The number of carbonyl (C=O) groups excluding carboxylic acids is 1. The molecule has 5 rings (SSSR count). The first-order valence-corrected chi connectivity index (χ1v) is 12.0. The van der Waals surface area contributed by atoms with E-state index in [-0.39, 0.29) is 11.2 Å². The number of benzene rings is 3. The molecule has 0 bridgehead atoms. The van der Waals surface area contributed by atoms with E-state index in [4.69, 9.17) is 0 Å². The normalized spacial score (nSPS) is 11.9. The first-order chi connectivity index (χ1) is 18.5. The molecule has 0 saturated carbocycles. The van der Waals surface area contributed by atoms with Gasteiger partial charge in [-0.15, -0.1) is 13.2 Å². The lowest BCUT2D eigenvalue weighted by atomic mass is 9.92. The molecule has 0 unspecified atom stereocenters. The highest BCUT2D eigenvalue weighted by atomic mass is 19.4. The van der Waals surface area contributed by atoms with Crippen molar-refractivity contribution in [2.75, 3.05) is 10.6 Å². The lowest BCUT2D eigenvalue weighted by molar-refractivity contribution is -0.274. The molecule has 0 atom stereocenters. The van der Waals surface area contributed by atoms with Gasteiger partial charge in [-0.05, 0) is 60.7 Å². The van der Waals surface area contributed by atoms with Gasteiger partial charge in [-0.25, -0.2) is 14.5 Å². The summed E-state index contributed by atoms with van der Waals surface area (Å²) in [5, 5.41) is 10.2. The van der Waals surface area contributed by atoms with Gasteiger partial charge in [0.1, 0.15) is 17.9 Å². The van der Waals surface area contributed by atoms with Crippen molar-refractivity contribution in [2.45, 2.75) is 32.5 Å². The number of hydrogen-bond acceptors (Lipinski definition) is 4. The highest BCUT2D eigenvalue weighted by molar-refractivity contribution is 5.99. The summed E-state index contributed by atoms with van der Waals surface area (Å²) in [6.07, 6.45) is -3.04. The fourth-order valence-electron chi connectivity index (χ4n) is 3.97. The van der Waals surface area contributed by atoms with Gasteiger partial charge in [0, 0.05) is 22.9 Å². The van der Waals surface area contributed by atoms with Gasteiger partial charge >= 0.3 is 12.4 Å². The average Bonchev–Trinajstić information content (AvgIpc) is 3.49. The Bertz CT molecular complexity index is 1610. The summed E-state index contributed by atoms with van der Waals surface area (Å²) in [5.74, 6) is -0.00254. The van der Waals surface area contributed by atoms with Gasteiger partial charge in [-0.1, -0.05) is 32.9 Å². The van der Waals surface area contributed by atoms with Gasteiger partial charge < -0.3 is 10.1 Å². The van der Waals surface area contributed by atoms with Crippen LogP contribution < -0.4 is 15.4 Å². The van der Waals surface area contributed by atoms with Crippen molar-refractivity contribution >= 4 is 28.6 Å². The third kappa shape index (κ3) is 5.87. The Morgan fingerprint density at radius 2 is 1.54 bits per heavy atom. The van der Waals surface area contributed by atoms with Gasteiger partial charge in [-0.2, -0.15) is 5.10 Å². The molecule has 8 nitrogen and oxygen atoms in total. The van der Waals surface area contributed by atoms with Crippen molar-refractivity contribution in [3.05, 3.63) is 90.9 Å². The number of para-hydroxylation sites is 2. The zero-order valence-corrected chi connectivity index (χ0v) is 21.3. The number of fused-ring (bicyclic) bond motifs is 1. The number of imidazole rings is 1. The Hall–Kier alpha value is -4.80. The summed E-state index contributed by atoms with van der Waals surface area (Å²) in [4.78, 5) is 17.3. The van der Waals surface area contributed by atoms with E-state index in [0.29, 0.717) is 22.9 Å². The van der Waals surface area contributed by atoms with Crippen molar-refractivity contribution in [1.82, 2.24) is 19.3 Å². The van der Waals surface area contributed by atoms with Gasteiger partial charge in [0.05, 0.1) is 22.4 Å². The van der Waals surface area contributed by atoms with Crippen molar-refractivity contribution < 1.29 is 22.7 Å². The number of rotatable bonds is 5. The van der Waals surface area contributed by atoms with Crippen LogP contribution >= 0.6 is 0 Å². The predicted octanol–water partition coefficient (Wildman–Crippen LogP) is 7.05. The molecular formula is C28H25F3N6O2. The number of aromatic nitrogens is 4. The maximum absolute atomic E-state index is 12.9. The number of nitrogens with zero attached hydrogens (tertiary/aromatic N) is 4. The van der Waals surface area contributed by atoms with E-state index in [0.717, 1.165) is 16.7 Å². The third-order valence-corrected chi connectivity index (χ3v) is 5.89. The summed E-state index contributed by atoms with van der Waals surface area (Å²) >= 11 is 0. The summed E-state index contributed by atoms with van der Waals surface area (Å²) in [5.41, 5.74) is 4.10. The molecule has 0 saturated heterocycles. The molecule has 3 aromatic carbocycles. The minimum Gasteiger partial charge on any atom is -0.406 e. The second-order valence-corrected chi connectivity index (χ2v) is 9.85. The Balaban J connectivity index is 1.34. The molecule has 11 heteroatoms. The first-order valence-electron chi connectivity index (χ1n) is 12.0. The molecule has 0 radical (unpaired) electrons. The quantitative estimate of drug-likeness (QED) is 0.253. The Morgan fingerprint density at radius 3 is 2.21 bits per heavy atom. The molecule has 0 aliphatic carbocycles. The van der Waals surface area contributed by atoms with E-state index in [9.17, 15) is 18.0 Å². The van der Waals surface area contributed by atoms with Gasteiger partial charge in [0.2, 0.25) is 0 Å². The highest BCUT2D eigenvalue weighted by Crippen LogP contribution is 2.29. The maximum atomic E-state index is 12.9. The Morgan fingerprint density at radius 1 is 0.872 bits per heavy atom. The molecule has 0 aliphatic heterocycles. The number of ether oxygens (including phenoxy) is 1. The molecule has 0 spiro atoms. The van der Waals surface area contributed by atoms with Gasteiger partial charge in [0.15, 0.2) is 0 Å². The van der Waals surface area contributed by atoms with Gasteiger partial charge in [-0.3, -0.25) is 9.88 Å². The Labute approximate surface area is 222 Å². The fraction of sp³-hybridized carbons (Fsp3) is 0.179. The summed E-state index contributed by atoms with van der Waals surface area (Å²) < 4.78 is 45.0. The minimum atomic E-state index is -4.79. The number of carbonyl (C=O) groups is 1. The topological polar surface area (TPSA) is 86.0 Å². The van der Waals surface area contributed by atoms with E-state index in [1.807, 2.05) is 61.7 Å². The van der Waals surface area contributed by atoms with Crippen LogP contribution in [0.25, 0.3) is 22.4 Å². The molecule has 39 heavy (non-hydrogen) atoms. The van der Waals surface area contributed by atoms with E-state index < -0.39 is 12.4 Å². The van der Waals surface area contributed by atoms with Crippen molar-refractivity contribution in [3.8, 4) is 17.1 Å². The number of hydrogen-bond donors (Lipinski definition) is 2. The van der Waals surface area contributed by atoms with Gasteiger partial charge in [0.25, 0.3) is 0 Å². The minimum absolute atomic E-state index is 0.342. The third-order valence-electron chi connectivity index (χ3n) is 5.89. The van der Waals surface area contributed by atoms with E-state index in [1.54, 1.807) is 24.5 Å². The molecule has 200 valence electrons. The van der Waals surface area contributed by atoms with Crippen LogP contribution in [0.4, 0.5) is 29.5 Å². The lowest BCUT2D eigenvalue weighted by Gasteiger charge is -2.14. The molecule has 0 fully saturated rings. The van der Waals surface area contributed by atoms with E-state index in [1.165, 1.54) is 28.9 Å². The largest absolute Gasteiger partial charge is 0.573 e. The molecular weight excluding hydrogens is 509 g/mol. The second-order valence-electron chi connectivity index (χ2n) is 9.85. The zero-order valence-electron chi connectivity index (χ0n) is 21.3. The number of alkyl halides is 3. The van der Waals surface area contributed by atoms with Crippen LogP contribution in [0.5, 0.6) is 5.75 Å². The van der Waals surface area contributed by atoms with Crippen molar-refractivity contribution in [2.24, 2.45) is 0 Å². The molecule has 2 amide bonds. The van der Waals surface area contributed by atoms with Crippen LogP contribution in [0.3, 0.4) is 0 Å². The summed E-state index contributed by atoms with van der Waals surface area (Å²) in [6.45, 7) is 5.90. The van der Waals surface area contributed by atoms with E-state index >= 15 is 0 Å².